The number of aliphatic hydroxyl groups is 1. The fraction of sp³-hybridized carbons (Fsp3) is 0.304. The van der Waals surface area contributed by atoms with Gasteiger partial charge in [-0.2, -0.15) is 0 Å². The summed E-state index contributed by atoms with van der Waals surface area (Å²) >= 11 is 0. The van der Waals surface area contributed by atoms with Crippen LogP contribution in [0.1, 0.15) is 42.5 Å². The topological polar surface area (TPSA) is 108 Å². The van der Waals surface area contributed by atoms with E-state index in [-0.39, 0.29) is 42.9 Å². The predicted molar refractivity (Wildman–Crippen MR) is 110 cm³/mol. The van der Waals surface area contributed by atoms with Crippen molar-refractivity contribution in [2.45, 2.75) is 45.6 Å². The number of ether oxygens (including phenoxy) is 2. The van der Waals surface area contributed by atoms with Crippen molar-refractivity contribution in [2.24, 2.45) is 0 Å². The van der Waals surface area contributed by atoms with Crippen LogP contribution >= 0.6 is 0 Å². The number of nitrogens with zero attached hydrogens (tertiary/aromatic N) is 2. The van der Waals surface area contributed by atoms with Crippen molar-refractivity contribution in [1.29, 1.82) is 0 Å². The lowest BCUT2D eigenvalue weighted by atomic mass is 9.86. The summed E-state index contributed by atoms with van der Waals surface area (Å²) in [5, 5.41) is 11.8. The zero-order valence-electron chi connectivity index (χ0n) is 17.1. The van der Waals surface area contributed by atoms with Crippen LogP contribution in [0.5, 0.6) is 0 Å². The van der Waals surface area contributed by atoms with E-state index in [2.05, 4.69) is 0 Å². The predicted octanol–water partition coefficient (Wildman–Crippen LogP) is 2.14. The first kappa shape index (κ1) is 19.4. The quantitative estimate of drug-likeness (QED) is 0.506. The Balaban J connectivity index is 1.78. The third-order valence-electron chi connectivity index (χ3n) is 6.13. The van der Waals surface area contributed by atoms with Crippen LogP contribution in [0.2, 0.25) is 0 Å². The molecule has 4 heterocycles. The first-order chi connectivity index (χ1) is 14.8. The maximum Gasteiger partial charge on any atom is 0.343 e. The Morgan fingerprint density at radius 2 is 2.06 bits per heavy atom. The van der Waals surface area contributed by atoms with Gasteiger partial charge in [-0.25, -0.2) is 9.78 Å². The van der Waals surface area contributed by atoms with Gasteiger partial charge in [0.25, 0.3) is 5.56 Å². The summed E-state index contributed by atoms with van der Waals surface area (Å²) in [7, 11) is 0. The second-order valence-electron chi connectivity index (χ2n) is 7.82. The number of carbonyl (C=O) groups is 2. The second kappa shape index (κ2) is 6.75. The summed E-state index contributed by atoms with van der Waals surface area (Å²) in [6.45, 7) is 3.15. The van der Waals surface area contributed by atoms with Gasteiger partial charge in [0.1, 0.15) is 13.2 Å². The molecule has 158 valence electrons. The Labute approximate surface area is 177 Å². The van der Waals surface area contributed by atoms with Crippen LogP contribution in [0.15, 0.2) is 35.1 Å². The van der Waals surface area contributed by atoms with Gasteiger partial charge in [0.15, 0.2) is 5.60 Å². The summed E-state index contributed by atoms with van der Waals surface area (Å²) in [4.78, 5) is 41.8. The summed E-state index contributed by atoms with van der Waals surface area (Å²) in [5.74, 6) is -1.16. The summed E-state index contributed by atoms with van der Waals surface area (Å²) in [6, 6.07) is 9.17. The van der Waals surface area contributed by atoms with Gasteiger partial charge in [0.2, 0.25) is 0 Å². The number of benzene rings is 1. The molecule has 0 amide bonds. The lowest BCUT2D eigenvalue weighted by Gasteiger charge is -2.31. The molecule has 0 unspecified atom stereocenters. The average Bonchev–Trinajstić information content (AvgIpc) is 3.13. The Morgan fingerprint density at radius 1 is 1.29 bits per heavy atom. The standard InChI is InChI=1S/C23H20N2O6/c1-3-23(29)17-8-19-20-14(9-25(19)21(27)16(17)11-31-22(23)28)15(10-30-12(2)26)13-6-4-5-7-18(13)24-20/h4-8,29H,3,9-11H2,1-2H3/t23-/m0/s1. The summed E-state index contributed by atoms with van der Waals surface area (Å²) < 4.78 is 12.0. The summed E-state index contributed by atoms with van der Waals surface area (Å²) in [6.07, 6.45) is 0.0808. The largest absolute Gasteiger partial charge is 0.461 e. The normalized spacial score (nSPS) is 18.9. The lowest BCUT2D eigenvalue weighted by molar-refractivity contribution is -0.172. The smallest absolute Gasteiger partial charge is 0.343 e. The highest BCUT2D eigenvalue weighted by Crippen LogP contribution is 2.40. The Hall–Kier alpha value is -3.52. The van der Waals surface area contributed by atoms with Crippen molar-refractivity contribution < 1.29 is 24.2 Å². The molecule has 0 radical (unpaired) electrons. The van der Waals surface area contributed by atoms with Crippen LogP contribution in [0, 0.1) is 0 Å². The highest BCUT2D eigenvalue weighted by molar-refractivity contribution is 5.89. The van der Waals surface area contributed by atoms with E-state index in [1.807, 2.05) is 24.3 Å². The van der Waals surface area contributed by atoms with E-state index in [1.54, 1.807) is 17.6 Å². The Bertz CT molecular complexity index is 1340. The zero-order chi connectivity index (χ0) is 21.9. The van der Waals surface area contributed by atoms with E-state index >= 15 is 0 Å². The molecule has 1 atom stereocenters. The van der Waals surface area contributed by atoms with E-state index in [0.717, 1.165) is 16.5 Å². The molecule has 31 heavy (non-hydrogen) atoms. The number of cyclic esters (lactones) is 1. The maximum absolute atomic E-state index is 13.3. The van der Waals surface area contributed by atoms with E-state index in [4.69, 9.17) is 14.5 Å². The molecule has 8 heteroatoms. The van der Waals surface area contributed by atoms with Crippen molar-refractivity contribution in [3.05, 3.63) is 62.9 Å². The van der Waals surface area contributed by atoms with E-state index < -0.39 is 17.5 Å². The summed E-state index contributed by atoms with van der Waals surface area (Å²) in [5.41, 5.74) is 1.72. The van der Waals surface area contributed by atoms with Crippen molar-refractivity contribution in [3.63, 3.8) is 0 Å². The molecule has 0 aliphatic carbocycles. The first-order valence-corrected chi connectivity index (χ1v) is 10.1. The van der Waals surface area contributed by atoms with Gasteiger partial charge in [-0.05, 0) is 18.6 Å². The first-order valence-electron chi connectivity index (χ1n) is 10.1. The molecule has 0 spiro atoms. The fourth-order valence-corrected chi connectivity index (χ4v) is 4.45. The average molecular weight is 420 g/mol. The van der Waals surface area contributed by atoms with Gasteiger partial charge in [-0.15, -0.1) is 0 Å². The van der Waals surface area contributed by atoms with Crippen LogP contribution in [-0.2, 0) is 44.4 Å². The SMILES string of the molecule is CC[C@@]1(O)C(=O)OCc2c1cc1n(c2=O)Cc2c-1nc1ccccc1c2COC(C)=O. The van der Waals surface area contributed by atoms with E-state index in [1.165, 1.54) is 6.92 Å². The van der Waals surface area contributed by atoms with Crippen LogP contribution in [0.3, 0.4) is 0 Å². The Morgan fingerprint density at radius 3 is 2.81 bits per heavy atom. The van der Waals surface area contributed by atoms with Crippen LogP contribution in [-0.4, -0.2) is 26.6 Å². The highest BCUT2D eigenvalue weighted by atomic mass is 16.6. The molecule has 0 saturated carbocycles. The maximum atomic E-state index is 13.3. The number of rotatable bonds is 3. The number of aromatic nitrogens is 2. The molecule has 5 rings (SSSR count). The van der Waals surface area contributed by atoms with Gasteiger partial charge in [0, 0.05) is 29.0 Å². The van der Waals surface area contributed by atoms with Crippen molar-refractivity contribution >= 4 is 22.8 Å². The Kier molecular flexibility index (Phi) is 4.23. The van der Waals surface area contributed by atoms with Crippen LogP contribution in [0.4, 0.5) is 0 Å². The van der Waals surface area contributed by atoms with Gasteiger partial charge >= 0.3 is 11.9 Å². The van der Waals surface area contributed by atoms with Gasteiger partial charge in [-0.1, -0.05) is 25.1 Å². The van der Waals surface area contributed by atoms with Crippen molar-refractivity contribution in [1.82, 2.24) is 9.55 Å². The minimum atomic E-state index is -1.87. The van der Waals surface area contributed by atoms with Gasteiger partial charge < -0.3 is 19.1 Å². The molecule has 1 N–H and O–H groups in total. The molecular weight excluding hydrogens is 400 g/mol. The van der Waals surface area contributed by atoms with E-state index in [0.29, 0.717) is 16.9 Å². The van der Waals surface area contributed by atoms with Crippen molar-refractivity contribution in [3.8, 4) is 11.4 Å². The molecule has 3 aromatic rings. The molecule has 2 aliphatic rings. The molecule has 1 aromatic carbocycles. The molecule has 2 aromatic heterocycles. The molecule has 0 saturated heterocycles. The fourth-order valence-electron chi connectivity index (χ4n) is 4.45. The molecule has 0 fully saturated rings. The third-order valence-corrected chi connectivity index (χ3v) is 6.13. The molecular formula is C23H20N2O6. The number of fused-ring (bicyclic) bond motifs is 5. The second-order valence-corrected chi connectivity index (χ2v) is 7.82. The van der Waals surface area contributed by atoms with Gasteiger partial charge in [0.05, 0.1) is 29.0 Å². The molecule has 8 nitrogen and oxygen atoms in total. The highest BCUT2D eigenvalue weighted by Gasteiger charge is 2.45. The van der Waals surface area contributed by atoms with Gasteiger partial charge in [-0.3, -0.25) is 9.59 Å². The molecule has 2 aliphatic heterocycles. The van der Waals surface area contributed by atoms with Crippen molar-refractivity contribution in [2.75, 3.05) is 0 Å². The number of esters is 2. The van der Waals surface area contributed by atoms with E-state index in [9.17, 15) is 19.5 Å². The number of hydrogen-bond donors (Lipinski definition) is 1. The minimum Gasteiger partial charge on any atom is -0.461 e. The number of para-hydroxylation sites is 1. The number of carbonyl (C=O) groups excluding carboxylic acids is 2. The van der Waals surface area contributed by atoms with Crippen LogP contribution in [0.25, 0.3) is 22.3 Å². The monoisotopic (exact) mass is 420 g/mol. The van der Waals surface area contributed by atoms with Crippen LogP contribution < -0.4 is 5.56 Å². The third kappa shape index (κ3) is 2.71. The minimum absolute atomic E-state index is 0.0592. The number of hydrogen-bond acceptors (Lipinski definition) is 7. The lowest BCUT2D eigenvalue weighted by Crippen LogP contribution is -2.44. The zero-order valence-corrected chi connectivity index (χ0v) is 17.1. The molecule has 0 bridgehead atoms. The number of pyridine rings is 2.